The number of ether oxygens (including phenoxy) is 1. The Morgan fingerprint density at radius 3 is 2.33 bits per heavy atom. The predicted octanol–water partition coefficient (Wildman–Crippen LogP) is 8.41. The number of nitrogens with one attached hydrogen (secondary N) is 1. The molecule has 4 heteroatoms. The predicted molar refractivity (Wildman–Crippen MR) is 183 cm³/mol. The standard InChI is InChI=1S/C41H60N2O2/c1-37(2)32(30-9-7-29(26-44)8-10-30)13-17-39(4)35(37)15-18-38(3)33-14-19-41(16-5-6-34(41)31(33)11-12-36(38)39)42-22-25-43-23-20-40(21-24-43)27-45-28-40/h7-10,13,26,31,33-36,42H,5-6,11-12,14-25,27-28H2,1-4H3/t31?,33?,34-,35?,36?,38?,39?,41?/m1/s1. The first-order chi connectivity index (χ1) is 21.6. The number of hydrogen-bond donors (Lipinski definition) is 1. The normalized spacial score (nSPS) is 43.3. The SMILES string of the molecule is CC1(C)C(c2ccc(C=O)cc2)=CCC2(C)C1CCC1(C)C3CCC4(NCCN5CCC6(CC5)COC6)CCC[C@@H]4C3CCC12. The van der Waals surface area contributed by atoms with Gasteiger partial charge in [-0.05, 0) is 141 Å². The van der Waals surface area contributed by atoms with E-state index in [1.165, 1.54) is 114 Å². The quantitative estimate of drug-likeness (QED) is 0.328. The van der Waals surface area contributed by atoms with Crippen molar-refractivity contribution in [3.8, 4) is 0 Å². The van der Waals surface area contributed by atoms with Crippen LogP contribution in [0.2, 0.25) is 0 Å². The number of rotatable bonds is 6. The van der Waals surface area contributed by atoms with Gasteiger partial charge in [-0.1, -0.05) is 64.5 Å². The number of piperidine rings is 1. The van der Waals surface area contributed by atoms with Crippen LogP contribution in [0.15, 0.2) is 30.3 Å². The topological polar surface area (TPSA) is 41.6 Å². The second kappa shape index (κ2) is 11.0. The molecule has 1 aromatic rings. The number of allylic oxidation sites excluding steroid dienone is 2. The van der Waals surface area contributed by atoms with Crippen molar-refractivity contribution in [3.63, 3.8) is 0 Å². The largest absolute Gasteiger partial charge is 0.380 e. The molecule has 0 aromatic heterocycles. The minimum atomic E-state index is 0.144. The molecule has 6 fully saturated rings. The van der Waals surface area contributed by atoms with Crippen molar-refractivity contribution >= 4 is 11.9 Å². The van der Waals surface area contributed by atoms with Gasteiger partial charge in [0.05, 0.1) is 13.2 Å². The summed E-state index contributed by atoms with van der Waals surface area (Å²) in [6.45, 7) is 17.5. The van der Waals surface area contributed by atoms with Gasteiger partial charge in [0.2, 0.25) is 0 Å². The molecule has 2 heterocycles. The number of fused-ring (bicyclic) bond motifs is 7. The Morgan fingerprint density at radius 2 is 1.62 bits per heavy atom. The minimum absolute atomic E-state index is 0.144. The smallest absolute Gasteiger partial charge is 0.150 e. The summed E-state index contributed by atoms with van der Waals surface area (Å²) in [5, 5.41) is 4.31. The average molecular weight is 613 g/mol. The fraction of sp³-hybridized carbons (Fsp3) is 0.780. The molecule has 1 N–H and O–H groups in total. The minimum Gasteiger partial charge on any atom is -0.380 e. The van der Waals surface area contributed by atoms with Crippen LogP contribution in [-0.2, 0) is 4.74 Å². The van der Waals surface area contributed by atoms with Gasteiger partial charge in [-0.3, -0.25) is 4.79 Å². The third kappa shape index (κ3) is 4.72. The van der Waals surface area contributed by atoms with Crippen molar-refractivity contribution in [2.24, 2.45) is 51.2 Å². The van der Waals surface area contributed by atoms with Gasteiger partial charge in [0.15, 0.2) is 0 Å². The van der Waals surface area contributed by atoms with Crippen LogP contribution in [0.1, 0.15) is 121 Å². The first-order valence-electron chi connectivity index (χ1n) is 18.9. The molecule has 2 saturated heterocycles. The highest BCUT2D eigenvalue weighted by atomic mass is 16.5. The number of hydrogen-bond acceptors (Lipinski definition) is 4. The molecule has 5 aliphatic carbocycles. The van der Waals surface area contributed by atoms with Crippen LogP contribution in [0.5, 0.6) is 0 Å². The molecule has 8 rings (SSSR count). The number of nitrogens with zero attached hydrogens (tertiary/aromatic N) is 1. The van der Waals surface area contributed by atoms with E-state index in [1.807, 2.05) is 12.1 Å². The molecule has 7 unspecified atom stereocenters. The lowest BCUT2D eigenvalue weighted by Crippen LogP contribution is -2.63. The summed E-state index contributed by atoms with van der Waals surface area (Å²) in [7, 11) is 0. The molecular weight excluding hydrogens is 552 g/mol. The first-order valence-corrected chi connectivity index (χ1v) is 18.9. The molecule has 0 radical (unpaired) electrons. The van der Waals surface area contributed by atoms with Gasteiger partial charge < -0.3 is 15.0 Å². The van der Waals surface area contributed by atoms with E-state index in [0.717, 1.165) is 48.7 Å². The van der Waals surface area contributed by atoms with Gasteiger partial charge >= 0.3 is 0 Å². The Labute approximate surface area is 273 Å². The molecule has 7 aliphatic rings. The van der Waals surface area contributed by atoms with Crippen molar-refractivity contribution in [1.29, 1.82) is 0 Å². The molecule has 45 heavy (non-hydrogen) atoms. The van der Waals surface area contributed by atoms with Crippen LogP contribution in [-0.4, -0.2) is 56.1 Å². The van der Waals surface area contributed by atoms with Gasteiger partial charge in [0.1, 0.15) is 6.29 Å². The maximum atomic E-state index is 11.3. The zero-order valence-electron chi connectivity index (χ0n) is 28.8. The first kappa shape index (κ1) is 30.8. The molecule has 1 spiro atoms. The lowest BCUT2D eigenvalue weighted by molar-refractivity contribution is -0.172. The number of benzene rings is 1. The lowest BCUT2D eigenvalue weighted by Gasteiger charge is -2.68. The van der Waals surface area contributed by atoms with Gasteiger partial charge in [0.25, 0.3) is 0 Å². The van der Waals surface area contributed by atoms with Crippen LogP contribution < -0.4 is 5.32 Å². The van der Waals surface area contributed by atoms with E-state index in [2.05, 4.69) is 56.1 Å². The summed E-state index contributed by atoms with van der Waals surface area (Å²) in [6, 6.07) is 8.38. The Kier molecular flexibility index (Phi) is 7.55. The highest BCUT2D eigenvalue weighted by Gasteiger charge is 2.65. The van der Waals surface area contributed by atoms with Crippen molar-refractivity contribution < 1.29 is 9.53 Å². The summed E-state index contributed by atoms with van der Waals surface area (Å²) >= 11 is 0. The van der Waals surface area contributed by atoms with Gasteiger partial charge in [0, 0.05) is 29.6 Å². The molecule has 2 aliphatic heterocycles. The summed E-state index contributed by atoms with van der Waals surface area (Å²) in [4.78, 5) is 14.0. The van der Waals surface area contributed by atoms with Crippen LogP contribution in [0.3, 0.4) is 0 Å². The molecule has 1 aromatic carbocycles. The zero-order chi connectivity index (χ0) is 31.1. The van der Waals surface area contributed by atoms with Gasteiger partial charge in [-0.2, -0.15) is 0 Å². The lowest BCUT2D eigenvalue weighted by atomic mass is 9.37. The second-order valence-corrected chi connectivity index (χ2v) is 18.2. The molecular formula is C41H60N2O2. The number of likely N-dealkylation sites (tertiary alicyclic amines) is 1. The van der Waals surface area contributed by atoms with E-state index in [9.17, 15) is 4.79 Å². The molecule has 0 bridgehead atoms. The molecule has 246 valence electrons. The van der Waals surface area contributed by atoms with Crippen molar-refractivity contribution in [2.75, 3.05) is 39.4 Å². The summed E-state index contributed by atoms with van der Waals surface area (Å²) < 4.78 is 5.57. The number of aldehydes is 1. The molecule has 8 atom stereocenters. The summed E-state index contributed by atoms with van der Waals surface area (Å²) in [5.74, 6) is 4.24. The Balaban J connectivity index is 0.968. The summed E-state index contributed by atoms with van der Waals surface area (Å²) in [5.41, 5.74) is 5.55. The van der Waals surface area contributed by atoms with Crippen molar-refractivity contribution in [3.05, 3.63) is 41.5 Å². The fourth-order valence-corrected chi connectivity index (χ4v) is 13.8. The number of carbonyl (C=O) groups is 1. The highest BCUT2D eigenvalue weighted by molar-refractivity contribution is 5.78. The van der Waals surface area contributed by atoms with Crippen molar-refractivity contribution in [2.45, 2.75) is 110 Å². The second-order valence-electron chi connectivity index (χ2n) is 18.2. The molecule has 4 nitrogen and oxygen atoms in total. The van der Waals surface area contributed by atoms with E-state index in [-0.39, 0.29) is 5.41 Å². The fourth-order valence-electron chi connectivity index (χ4n) is 13.8. The Bertz CT molecular complexity index is 1300. The van der Waals surface area contributed by atoms with Gasteiger partial charge in [-0.15, -0.1) is 0 Å². The monoisotopic (exact) mass is 612 g/mol. The van der Waals surface area contributed by atoms with E-state index >= 15 is 0 Å². The van der Waals surface area contributed by atoms with Gasteiger partial charge in [-0.25, -0.2) is 0 Å². The third-order valence-electron chi connectivity index (χ3n) is 16.1. The van der Waals surface area contributed by atoms with Crippen LogP contribution in [0, 0.1) is 51.2 Å². The van der Waals surface area contributed by atoms with Crippen LogP contribution in [0.4, 0.5) is 0 Å². The van der Waals surface area contributed by atoms with E-state index in [0.29, 0.717) is 27.7 Å². The van der Waals surface area contributed by atoms with Crippen LogP contribution >= 0.6 is 0 Å². The average Bonchev–Trinajstić information content (AvgIpc) is 3.45. The highest BCUT2D eigenvalue weighted by Crippen LogP contribution is 2.72. The van der Waals surface area contributed by atoms with Crippen molar-refractivity contribution in [1.82, 2.24) is 10.2 Å². The maximum absolute atomic E-state index is 11.3. The Morgan fingerprint density at radius 1 is 0.844 bits per heavy atom. The van der Waals surface area contributed by atoms with Crippen LogP contribution in [0.25, 0.3) is 5.57 Å². The number of carbonyl (C=O) groups excluding carboxylic acids is 1. The molecule has 4 saturated carbocycles. The zero-order valence-corrected chi connectivity index (χ0v) is 28.8. The molecule has 0 amide bonds. The van der Waals surface area contributed by atoms with E-state index in [1.54, 1.807) is 0 Å². The van der Waals surface area contributed by atoms with E-state index < -0.39 is 0 Å². The maximum Gasteiger partial charge on any atom is 0.150 e. The van der Waals surface area contributed by atoms with E-state index in [4.69, 9.17) is 4.74 Å². The third-order valence-corrected chi connectivity index (χ3v) is 16.1. The Hall–Kier alpha value is -1.49. The summed E-state index contributed by atoms with van der Waals surface area (Å²) in [6.07, 6.45) is 20.3.